The van der Waals surface area contributed by atoms with E-state index in [-0.39, 0.29) is 17.3 Å². The lowest BCUT2D eigenvalue weighted by atomic mass is 10.1. The van der Waals surface area contributed by atoms with Crippen LogP contribution in [0.3, 0.4) is 0 Å². The third-order valence-electron chi connectivity index (χ3n) is 3.15. The van der Waals surface area contributed by atoms with E-state index in [0.29, 0.717) is 5.56 Å². The largest absolute Gasteiger partial charge is 0.349 e. The summed E-state index contributed by atoms with van der Waals surface area (Å²) in [6.07, 6.45) is 1.33. The highest BCUT2D eigenvalue weighted by atomic mass is 19.1. The standard InChI is InChI=1S/C19H19FN2O2/c1-13(2)21-19(24)17(12-15-10-6-7-11-16(15)20)22-18(23)14-8-4-3-5-9-14/h3-13H,1-2H3,(H,21,24)(H,22,23). The van der Waals surface area contributed by atoms with Crippen molar-refractivity contribution >= 4 is 17.9 Å². The van der Waals surface area contributed by atoms with Crippen LogP contribution >= 0.6 is 0 Å². The normalized spacial score (nSPS) is 11.2. The number of amides is 2. The Bertz CT molecular complexity index is 755. The molecule has 24 heavy (non-hydrogen) atoms. The molecule has 0 saturated carbocycles. The van der Waals surface area contributed by atoms with Crippen LogP contribution in [0.25, 0.3) is 6.08 Å². The lowest BCUT2D eigenvalue weighted by Crippen LogP contribution is -2.38. The quantitative estimate of drug-likeness (QED) is 0.830. The maximum atomic E-state index is 13.8. The Morgan fingerprint density at radius 2 is 1.62 bits per heavy atom. The van der Waals surface area contributed by atoms with Gasteiger partial charge in [0.15, 0.2) is 0 Å². The fourth-order valence-corrected chi connectivity index (χ4v) is 2.03. The van der Waals surface area contributed by atoms with E-state index in [2.05, 4.69) is 10.6 Å². The van der Waals surface area contributed by atoms with Crippen LogP contribution in [0, 0.1) is 5.82 Å². The molecule has 0 bridgehead atoms. The van der Waals surface area contributed by atoms with Crippen LogP contribution in [0.15, 0.2) is 60.3 Å². The zero-order valence-corrected chi connectivity index (χ0v) is 13.5. The maximum Gasteiger partial charge on any atom is 0.268 e. The Morgan fingerprint density at radius 3 is 2.25 bits per heavy atom. The molecule has 0 atom stereocenters. The highest BCUT2D eigenvalue weighted by molar-refractivity contribution is 6.05. The maximum absolute atomic E-state index is 13.8. The first kappa shape index (κ1) is 17.4. The predicted molar refractivity (Wildman–Crippen MR) is 91.6 cm³/mol. The highest BCUT2D eigenvalue weighted by Crippen LogP contribution is 2.11. The summed E-state index contributed by atoms with van der Waals surface area (Å²) < 4.78 is 13.8. The zero-order chi connectivity index (χ0) is 17.5. The van der Waals surface area contributed by atoms with Gasteiger partial charge in [-0.25, -0.2) is 4.39 Å². The van der Waals surface area contributed by atoms with Crippen LogP contribution in [0.5, 0.6) is 0 Å². The minimum Gasteiger partial charge on any atom is -0.349 e. The van der Waals surface area contributed by atoms with Gasteiger partial charge in [0.25, 0.3) is 11.8 Å². The average molecular weight is 326 g/mol. The van der Waals surface area contributed by atoms with Crippen molar-refractivity contribution in [2.45, 2.75) is 19.9 Å². The molecule has 0 unspecified atom stereocenters. The van der Waals surface area contributed by atoms with E-state index in [4.69, 9.17) is 0 Å². The van der Waals surface area contributed by atoms with Crippen LogP contribution in [0.2, 0.25) is 0 Å². The highest BCUT2D eigenvalue weighted by Gasteiger charge is 2.15. The molecule has 2 aromatic carbocycles. The van der Waals surface area contributed by atoms with Crippen molar-refractivity contribution in [2.24, 2.45) is 0 Å². The summed E-state index contributed by atoms with van der Waals surface area (Å²) in [6, 6.07) is 14.4. The van der Waals surface area contributed by atoms with Crippen LogP contribution in [0.1, 0.15) is 29.8 Å². The summed E-state index contributed by atoms with van der Waals surface area (Å²) in [4.78, 5) is 24.6. The van der Waals surface area contributed by atoms with Crippen LogP contribution in [0.4, 0.5) is 4.39 Å². The Kier molecular flexibility index (Phi) is 5.84. The number of benzene rings is 2. The molecule has 0 aliphatic heterocycles. The molecule has 0 aromatic heterocycles. The van der Waals surface area contributed by atoms with Crippen molar-refractivity contribution in [2.75, 3.05) is 0 Å². The van der Waals surface area contributed by atoms with Gasteiger partial charge in [0.05, 0.1) is 0 Å². The Balaban J connectivity index is 2.31. The summed E-state index contributed by atoms with van der Waals surface area (Å²) in [6.45, 7) is 3.61. The average Bonchev–Trinajstić information content (AvgIpc) is 2.56. The zero-order valence-electron chi connectivity index (χ0n) is 13.5. The molecule has 2 amide bonds. The first-order valence-corrected chi connectivity index (χ1v) is 7.61. The summed E-state index contributed by atoms with van der Waals surface area (Å²) in [5.41, 5.74) is 0.622. The first-order valence-electron chi connectivity index (χ1n) is 7.61. The monoisotopic (exact) mass is 326 g/mol. The van der Waals surface area contributed by atoms with E-state index in [1.54, 1.807) is 56.3 Å². The smallest absolute Gasteiger partial charge is 0.268 e. The number of halogens is 1. The van der Waals surface area contributed by atoms with Gasteiger partial charge < -0.3 is 10.6 Å². The number of carbonyl (C=O) groups is 2. The van der Waals surface area contributed by atoms with Crippen LogP contribution in [-0.4, -0.2) is 17.9 Å². The van der Waals surface area contributed by atoms with Crippen LogP contribution in [-0.2, 0) is 4.79 Å². The lowest BCUT2D eigenvalue weighted by molar-refractivity contribution is -0.118. The lowest BCUT2D eigenvalue weighted by Gasteiger charge is -2.13. The fraction of sp³-hybridized carbons (Fsp3) is 0.158. The van der Waals surface area contributed by atoms with Crippen molar-refractivity contribution in [3.05, 3.63) is 77.2 Å². The number of carbonyl (C=O) groups excluding carboxylic acids is 2. The molecule has 4 nitrogen and oxygen atoms in total. The van der Waals surface area contributed by atoms with E-state index in [1.807, 2.05) is 0 Å². The van der Waals surface area contributed by atoms with Gasteiger partial charge in [0.2, 0.25) is 0 Å². The van der Waals surface area contributed by atoms with Gasteiger partial charge in [0, 0.05) is 17.2 Å². The molecule has 2 aromatic rings. The van der Waals surface area contributed by atoms with Crippen molar-refractivity contribution in [1.29, 1.82) is 0 Å². The molecule has 2 N–H and O–H groups in total. The van der Waals surface area contributed by atoms with Gasteiger partial charge in [-0.15, -0.1) is 0 Å². The third-order valence-corrected chi connectivity index (χ3v) is 3.15. The van der Waals surface area contributed by atoms with E-state index in [0.717, 1.165) is 0 Å². The molecule has 5 heteroatoms. The summed E-state index contributed by atoms with van der Waals surface area (Å²) >= 11 is 0. The molecule has 0 radical (unpaired) electrons. The number of nitrogens with one attached hydrogen (secondary N) is 2. The number of rotatable bonds is 5. The van der Waals surface area contributed by atoms with Crippen molar-refractivity contribution < 1.29 is 14.0 Å². The second-order valence-corrected chi connectivity index (χ2v) is 5.53. The van der Waals surface area contributed by atoms with Gasteiger partial charge in [-0.2, -0.15) is 0 Å². The first-order chi connectivity index (χ1) is 11.5. The van der Waals surface area contributed by atoms with Gasteiger partial charge >= 0.3 is 0 Å². The molecule has 0 heterocycles. The fourth-order valence-electron chi connectivity index (χ4n) is 2.03. The molecular formula is C19H19FN2O2. The number of hydrogen-bond acceptors (Lipinski definition) is 2. The summed E-state index contributed by atoms with van der Waals surface area (Å²) in [5, 5.41) is 5.25. The minimum absolute atomic E-state index is 0.0114. The van der Waals surface area contributed by atoms with E-state index < -0.39 is 17.6 Å². The third kappa shape index (κ3) is 4.78. The topological polar surface area (TPSA) is 58.2 Å². The Hall–Kier alpha value is -2.95. The van der Waals surface area contributed by atoms with E-state index >= 15 is 0 Å². The Morgan fingerprint density at radius 1 is 1.00 bits per heavy atom. The predicted octanol–water partition coefficient (Wildman–Crippen LogP) is 3.12. The molecule has 124 valence electrons. The van der Waals surface area contributed by atoms with Crippen molar-refractivity contribution in [3.8, 4) is 0 Å². The van der Waals surface area contributed by atoms with E-state index in [9.17, 15) is 14.0 Å². The Labute approximate surface area is 140 Å². The molecule has 0 saturated heterocycles. The SMILES string of the molecule is CC(C)NC(=O)C(=Cc1ccccc1F)NC(=O)c1ccccc1. The van der Waals surface area contributed by atoms with Crippen LogP contribution < -0.4 is 10.6 Å². The van der Waals surface area contributed by atoms with Gasteiger partial charge in [-0.1, -0.05) is 36.4 Å². The minimum atomic E-state index is -0.475. The second kappa shape index (κ2) is 8.06. The molecule has 0 spiro atoms. The second-order valence-electron chi connectivity index (χ2n) is 5.53. The molecular weight excluding hydrogens is 307 g/mol. The molecule has 0 fully saturated rings. The number of hydrogen-bond donors (Lipinski definition) is 2. The van der Waals surface area contributed by atoms with Gasteiger partial charge in [-0.3, -0.25) is 9.59 Å². The summed E-state index contributed by atoms with van der Waals surface area (Å²) in [7, 11) is 0. The molecule has 0 aliphatic carbocycles. The summed E-state index contributed by atoms with van der Waals surface area (Å²) in [5.74, 6) is -1.38. The van der Waals surface area contributed by atoms with Crippen molar-refractivity contribution in [3.63, 3.8) is 0 Å². The van der Waals surface area contributed by atoms with Gasteiger partial charge in [0.1, 0.15) is 11.5 Å². The molecule has 2 rings (SSSR count). The van der Waals surface area contributed by atoms with E-state index in [1.165, 1.54) is 18.2 Å². The van der Waals surface area contributed by atoms with Gasteiger partial charge in [-0.05, 0) is 38.1 Å². The molecule has 0 aliphatic rings. The van der Waals surface area contributed by atoms with Crippen molar-refractivity contribution in [1.82, 2.24) is 10.6 Å².